The molecular formula is C19H20FN5O4. The first-order valence-corrected chi connectivity index (χ1v) is 9.09. The lowest BCUT2D eigenvalue weighted by Gasteiger charge is -2.39. The molecule has 1 saturated heterocycles. The summed E-state index contributed by atoms with van der Waals surface area (Å²) in [5.74, 6) is -0.196. The van der Waals surface area contributed by atoms with Gasteiger partial charge < -0.3 is 29.7 Å². The number of benzene rings is 1. The topological polar surface area (TPSA) is 122 Å². The molecule has 1 aromatic carbocycles. The molecule has 3 heterocycles. The van der Waals surface area contributed by atoms with Gasteiger partial charge in [0.2, 0.25) is 0 Å². The van der Waals surface area contributed by atoms with E-state index in [1.54, 1.807) is 12.1 Å². The van der Waals surface area contributed by atoms with Gasteiger partial charge in [0.1, 0.15) is 30.3 Å². The van der Waals surface area contributed by atoms with Crippen molar-refractivity contribution in [3.63, 3.8) is 0 Å². The van der Waals surface area contributed by atoms with Crippen LogP contribution in [0.15, 0.2) is 51.7 Å². The molecule has 1 amide bonds. The van der Waals surface area contributed by atoms with Crippen molar-refractivity contribution in [1.29, 1.82) is 0 Å². The van der Waals surface area contributed by atoms with Crippen LogP contribution in [-0.2, 0) is 4.79 Å². The lowest BCUT2D eigenvalue weighted by Crippen LogP contribution is -2.54. The van der Waals surface area contributed by atoms with Gasteiger partial charge in [0.05, 0.1) is 6.54 Å². The summed E-state index contributed by atoms with van der Waals surface area (Å²) in [6.07, 6.45) is -0.0824. The van der Waals surface area contributed by atoms with Gasteiger partial charge in [-0.05, 0) is 6.07 Å². The number of carbonyl (C=O) groups excluding carboxylic acids is 1. The van der Waals surface area contributed by atoms with Crippen molar-refractivity contribution in [2.75, 3.05) is 31.1 Å². The molecule has 3 N–H and O–H groups in total. The van der Waals surface area contributed by atoms with Gasteiger partial charge in [-0.15, -0.1) is 0 Å². The van der Waals surface area contributed by atoms with Gasteiger partial charge in [0, 0.05) is 36.5 Å². The molecule has 0 bridgehead atoms. The Morgan fingerprint density at radius 2 is 2.14 bits per heavy atom. The van der Waals surface area contributed by atoms with E-state index in [0.717, 1.165) is 16.2 Å². The van der Waals surface area contributed by atoms with Crippen LogP contribution in [0.3, 0.4) is 0 Å². The number of nitrogens with zero attached hydrogens (tertiary/aromatic N) is 4. The molecular weight excluding hydrogens is 381 g/mol. The molecule has 1 fully saturated rings. The number of nitrogens with two attached hydrogens (primary N) is 1. The predicted octanol–water partition coefficient (Wildman–Crippen LogP) is 1.31. The zero-order chi connectivity index (χ0) is 20.4. The van der Waals surface area contributed by atoms with Crippen LogP contribution < -0.4 is 10.6 Å². The average molecular weight is 401 g/mol. The standard InChI is InChI=1S/C19H20FN5O4/c20-17-10-24(6-7-25(17)18(27)11-26)15-4-2-1-3-12(15)14-9-16(29-23-14)19(21)13-5-8-28-22-13/h1-5,8-9,17,19,26H,6-7,10-11,21H2. The quantitative estimate of drug-likeness (QED) is 0.614. The van der Waals surface area contributed by atoms with Crippen LogP contribution in [0.1, 0.15) is 17.5 Å². The van der Waals surface area contributed by atoms with Gasteiger partial charge in [0.15, 0.2) is 12.1 Å². The Balaban J connectivity index is 1.58. The van der Waals surface area contributed by atoms with Crippen LogP contribution in [0.25, 0.3) is 11.3 Å². The molecule has 1 aliphatic heterocycles. The second-order valence-electron chi connectivity index (χ2n) is 6.66. The normalized spacial score (nSPS) is 18.1. The summed E-state index contributed by atoms with van der Waals surface area (Å²) in [4.78, 5) is 14.5. The number of aromatic nitrogens is 2. The van der Waals surface area contributed by atoms with Crippen molar-refractivity contribution in [2.24, 2.45) is 5.73 Å². The van der Waals surface area contributed by atoms with Crippen LogP contribution in [0.2, 0.25) is 0 Å². The molecule has 9 nitrogen and oxygen atoms in total. The maximum absolute atomic E-state index is 14.5. The second kappa shape index (κ2) is 8.02. The molecule has 10 heteroatoms. The fraction of sp³-hybridized carbons (Fsp3) is 0.316. The van der Waals surface area contributed by atoms with Gasteiger partial charge >= 0.3 is 0 Å². The fourth-order valence-corrected chi connectivity index (χ4v) is 3.39. The Hall–Kier alpha value is -3.24. The van der Waals surface area contributed by atoms with Crippen LogP contribution in [0.5, 0.6) is 0 Å². The number of rotatable bonds is 5. The molecule has 4 rings (SSSR count). The summed E-state index contributed by atoms with van der Waals surface area (Å²) in [6.45, 7) is -0.112. The van der Waals surface area contributed by atoms with E-state index >= 15 is 0 Å². The van der Waals surface area contributed by atoms with Crippen LogP contribution >= 0.6 is 0 Å². The molecule has 2 aromatic heterocycles. The van der Waals surface area contributed by atoms with E-state index in [1.165, 1.54) is 6.26 Å². The molecule has 0 saturated carbocycles. The number of hydrogen-bond donors (Lipinski definition) is 2. The zero-order valence-corrected chi connectivity index (χ0v) is 15.4. The number of amides is 1. The third-order valence-electron chi connectivity index (χ3n) is 4.91. The lowest BCUT2D eigenvalue weighted by molar-refractivity contribution is -0.140. The Labute approximate surface area is 165 Å². The highest BCUT2D eigenvalue weighted by Gasteiger charge is 2.31. The first kappa shape index (κ1) is 19.1. The largest absolute Gasteiger partial charge is 0.387 e. The minimum absolute atomic E-state index is 0.00802. The van der Waals surface area contributed by atoms with Gasteiger partial charge in [-0.1, -0.05) is 28.5 Å². The predicted molar refractivity (Wildman–Crippen MR) is 100 cm³/mol. The number of hydrogen-bond acceptors (Lipinski definition) is 8. The monoisotopic (exact) mass is 401 g/mol. The SMILES string of the molecule is NC(c1ccon1)c1cc(-c2ccccc2N2CCN(C(=O)CO)C(F)C2)no1. The highest BCUT2D eigenvalue weighted by atomic mass is 19.1. The van der Waals surface area contributed by atoms with E-state index in [9.17, 15) is 9.18 Å². The number of halogens is 1. The van der Waals surface area contributed by atoms with Crippen LogP contribution in [0, 0.1) is 0 Å². The molecule has 1 aliphatic rings. The zero-order valence-electron chi connectivity index (χ0n) is 15.4. The third-order valence-corrected chi connectivity index (χ3v) is 4.91. The molecule has 29 heavy (non-hydrogen) atoms. The molecule has 0 radical (unpaired) electrons. The number of piperazine rings is 1. The van der Waals surface area contributed by atoms with Crippen molar-refractivity contribution in [3.05, 3.63) is 54.1 Å². The maximum Gasteiger partial charge on any atom is 0.250 e. The second-order valence-corrected chi connectivity index (χ2v) is 6.66. The van der Waals surface area contributed by atoms with Gasteiger partial charge in [-0.3, -0.25) is 4.79 Å². The van der Waals surface area contributed by atoms with E-state index in [-0.39, 0.29) is 13.1 Å². The molecule has 152 valence electrons. The average Bonchev–Trinajstić information content (AvgIpc) is 3.45. The first-order chi connectivity index (χ1) is 14.1. The summed E-state index contributed by atoms with van der Waals surface area (Å²) >= 11 is 0. The maximum atomic E-state index is 14.5. The van der Waals surface area contributed by atoms with E-state index in [2.05, 4.69) is 10.3 Å². The number of aliphatic hydroxyl groups is 1. The van der Waals surface area contributed by atoms with Crippen LogP contribution in [-0.4, -0.2) is 58.8 Å². The summed E-state index contributed by atoms with van der Waals surface area (Å²) in [5.41, 5.74) is 8.73. The summed E-state index contributed by atoms with van der Waals surface area (Å²) < 4.78 is 24.7. The number of alkyl halides is 1. The highest BCUT2D eigenvalue weighted by Crippen LogP contribution is 2.33. The van der Waals surface area contributed by atoms with Crippen LogP contribution in [0.4, 0.5) is 10.1 Å². The summed E-state index contributed by atoms with van der Waals surface area (Å²) in [5, 5.41) is 16.9. The van der Waals surface area contributed by atoms with E-state index in [4.69, 9.17) is 19.9 Å². The molecule has 2 atom stereocenters. The lowest BCUT2D eigenvalue weighted by atomic mass is 10.1. The number of aliphatic hydroxyl groups excluding tert-OH is 1. The number of para-hydroxylation sites is 1. The minimum atomic E-state index is -1.51. The smallest absolute Gasteiger partial charge is 0.250 e. The van der Waals surface area contributed by atoms with Crippen molar-refractivity contribution in [3.8, 4) is 11.3 Å². The minimum Gasteiger partial charge on any atom is -0.387 e. The highest BCUT2D eigenvalue weighted by molar-refractivity contribution is 5.79. The molecule has 0 aliphatic carbocycles. The van der Waals surface area contributed by atoms with Gasteiger partial charge in [-0.2, -0.15) is 0 Å². The Kier molecular flexibility index (Phi) is 5.28. The number of anilines is 1. The third kappa shape index (κ3) is 3.71. The van der Waals surface area contributed by atoms with Crippen molar-refractivity contribution in [1.82, 2.24) is 15.2 Å². The Bertz CT molecular complexity index is 977. The first-order valence-electron chi connectivity index (χ1n) is 9.09. The van der Waals surface area contributed by atoms with E-state index in [1.807, 2.05) is 29.2 Å². The number of carbonyl (C=O) groups is 1. The Morgan fingerprint density at radius 1 is 1.31 bits per heavy atom. The summed E-state index contributed by atoms with van der Waals surface area (Å²) in [7, 11) is 0. The van der Waals surface area contributed by atoms with Gasteiger partial charge in [-0.25, -0.2) is 4.39 Å². The van der Waals surface area contributed by atoms with Crippen molar-refractivity contribution in [2.45, 2.75) is 12.3 Å². The summed E-state index contributed by atoms with van der Waals surface area (Å²) in [6, 6.07) is 10.2. The Morgan fingerprint density at radius 3 is 2.86 bits per heavy atom. The molecule has 2 unspecified atom stereocenters. The van der Waals surface area contributed by atoms with E-state index < -0.39 is 24.9 Å². The van der Waals surface area contributed by atoms with Crippen molar-refractivity contribution >= 4 is 11.6 Å². The fourth-order valence-electron chi connectivity index (χ4n) is 3.39. The van der Waals surface area contributed by atoms with Crippen molar-refractivity contribution < 1.29 is 23.3 Å². The van der Waals surface area contributed by atoms with E-state index in [0.29, 0.717) is 23.7 Å². The molecule has 0 spiro atoms. The van der Waals surface area contributed by atoms with Gasteiger partial charge in [0.25, 0.3) is 5.91 Å². The molecule has 3 aromatic rings.